The van der Waals surface area contributed by atoms with Gasteiger partial charge >= 0.3 is 0 Å². The summed E-state index contributed by atoms with van der Waals surface area (Å²) in [5, 5.41) is 0. The highest BCUT2D eigenvalue weighted by Crippen LogP contribution is 2.24. The van der Waals surface area contributed by atoms with Gasteiger partial charge in [0.2, 0.25) is 5.88 Å². The van der Waals surface area contributed by atoms with E-state index in [9.17, 15) is 9.18 Å². The Morgan fingerprint density at radius 1 is 1.23 bits per heavy atom. The van der Waals surface area contributed by atoms with Crippen LogP contribution in [0.5, 0.6) is 11.6 Å². The summed E-state index contributed by atoms with van der Waals surface area (Å²) >= 11 is 0. The van der Waals surface area contributed by atoms with Crippen LogP contribution >= 0.6 is 0 Å². The minimum Gasteiger partial charge on any atom is -0.479 e. The zero-order chi connectivity index (χ0) is 18.7. The molecule has 8 heteroatoms. The molecule has 7 nitrogen and oxygen atoms in total. The van der Waals surface area contributed by atoms with Crippen molar-refractivity contribution in [3.05, 3.63) is 36.5 Å². The van der Waals surface area contributed by atoms with Gasteiger partial charge in [-0.1, -0.05) is 0 Å². The van der Waals surface area contributed by atoms with E-state index in [1.165, 1.54) is 20.0 Å². The Balaban J connectivity index is 1.59. The van der Waals surface area contributed by atoms with Gasteiger partial charge in [0.1, 0.15) is 23.8 Å². The number of aryl methyl sites for hydroxylation is 1. The highest BCUT2D eigenvalue weighted by molar-refractivity contribution is 5.98. The zero-order valence-corrected chi connectivity index (χ0v) is 15.0. The van der Waals surface area contributed by atoms with E-state index in [0.29, 0.717) is 36.1 Å². The second-order valence-electron chi connectivity index (χ2n) is 6.71. The quantitative estimate of drug-likeness (QED) is 0.788. The molecule has 1 unspecified atom stereocenters. The molecule has 2 aromatic heterocycles. The molecule has 1 aliphatic rings. The molecule has 3 heterocycles. The second-order valence-corrected chi connectivity index (χ2v) is 6.71. The lowest BCUT2D eigenvalue weighted by molar-refractivity contribution is -0.122. The Kier molecular flexibility index (Phi) is 5.01. The third-order valence-corrected chi connectivity index (χ3v) is 3.79. The smallest absolute Gasteiger partial charge is 0.268 e. The SMILES string of the molecule is Cc1ncc(N2CCC(Oc3ccc(OCC(C)(C)F)nc3)C2=O)cn1. The Hall–Kier alpha value is -2.77. The molecule has 1 saturated heterocycles. The summed E-state index contributed by atoms with van der Waals surface area (Å²) in [5.41, 5.74) is -0.779. The largest absolute Gasteiger partial charge is 0.479 e. The summed E-state index contributed by atoms with van der Waals surface area (Å²) in [6.07, 6.45) is 4.69. The van der Waals surface area contributed by atoms with Crippen LogP contribution in [0.4, 0.5) is 10.1 Å². The summed E-state index contributed by atoms with van der Waals surface area (Å²) in [4.78, 5) is 26.5. The molecule has 1 atom stereocenters. The van der Waals surface area contributed by atoms with E-state index in [-0.39, 0.29) is 12.5 Å². The van der Waals surface area contributed by atoms with Gasteiger partial charge in [-0.05, 0) is 26.8 Å². The first-order chi connectivity index (χ1) is 12.3. The van der Waals surface area contributed by atoms with Crippen LogP contribution in [0.3, 0.4) is 0 Å². The maximum absolute atomic E-state index is 13.4. The average Bonchev–Trinajstić information content (AvgIpc) is 2.95. The summed E-state index contributed by atoms with van der Waals surface area (Å²) in [6, 6.07) is 3.24. The van der Waals surface area contributed by atoms with Crippen molar-refractivity contribution in [3.63, 3.8) is 0 Å². The second kappa shape index (κ2) is 7.23. The fraction of sp³-hybridized carbons (Fsp3) is 0.444. The zero-order valence-electron chi connectivity index (χ0n) is 15.0. The van der Waals surface area contributed by atoms with E-state index in [4.69, 9.17) is 9.47 Å². The molecule has 2 aromatic rings. The van der Waals surface area contributed by atoms with Crippen LogP contribution in [-0.2, 0) is 4.79 Å². The molecule has 0 radical (unpaired) electrons. The van der Waals surface area contributed by atoms with Crippen molar-refractivity contribution in [1.29, 1.82) is 0 Å². The average molecular weight is 360 g/mol. The number of aromatic nitrogens is 3. The molecule has 0 aliphatic carbocycles. The van der Waals surface area contributed by atoms with Gasteiger partial charge in [-0.25, -0.2) is 19.3 Å². The van der Waals surface area contributed by atoms with Crippen LogP contribution in [0.2, 0.25) is 0 Å². The molecule has 1 amide bonds. The minimum atomic E-state index is -1.43. The number of anilines is 1. The van der Waals surface area contributed by atoms with Crippen LogP contribution < -0.4 is 14.4 Å². The van der Waals surface area contributed by atoms with Crippen LogP contribution in [0.25, 0.3) is 0 Å². The predicted octanol–water partition coefficient (Wildman–Crippen LogP) is 2.49. The van der Waals surface area contributed by atoms with Gasteiger partial charge in [0.05, 0.1) is 24.3 Å². The number of rotatable bonds is 6. The minimum absolute atomic E-state index is 0.0884. The molecule has 3 rings (SSSR count). The molecule has 0 spiro atoms. The van der Waals surface area contributed by atoms with Crippen LogP contribution in [0.1, 0.15) is 26.1 Å². The van der Waals surface area contributed by atoms with E-state index in [1.54, 1.807) is 36.4 Å². The van der Waals surface area contributed by atoms with Gasteiger partial charge in [0.15, 0.2) is 6.10 Å². The highest BCUT2D eigenvalue weighted by Gasteiger charge is 2.34. The standard InChI is InChI=1S/C18H21FN4O3/c1-12-20-8-13(9-21-12)23-7-6-15(17(23)24)26-14-4-5-16(22-10-14)25-11-18(2,3)19/h4-5,8-10,15H,6-7,11H2,1-3H3. The number of hydrogen-bond donors (Lipinski definition) is 0. The van der Waals surface area contributed by atoms with Crippen molar-refractivity contribution in [1.82, 2.24) is 15.0 Å². The number of carbonyl (C=O) groups excluding carboxylic acids is 1. The van der Waals surface area contributed by atoms with Gasteiger partial charge in [-0.2, -0.15) is 0 Å². The van der Waals surface area contributed by atoms with Crippen molar-refractivity contribution < 1.29 is 18.7 Å². The van der Waals surface area contributed by atoms with Gasteiger partial charge in [0, 0.05) is 19.0 Å². The summed E-state index contributed by atoms with van der Waals surface area (Å²) in [5.74, 6) is 1.27. The van der Waals surface area contributed by atoms with E-state index >= 15 is 0 Å². The third-order valence-electron chi connectivity index (χ3n) is 3.79. The van der Waals surface area contributed by atoms with E-state index in [2.05, 4.69) is 15.0 Å². The van der Waals surface area contributed by atoms with Crippen LogP contribution in [0, 0.1) is 6.92 Å². The van der Waals surface area contributed by atoms with Crippen molar-refractivity contribution in [2.75, 3.05) is 18.1 Å². The van der Waals surface area contributed by atoms with Crippen molar-refractivity contribution in [2.24, 2.45) is 0 Å². The number of ether oxygens (including phenoxy) is 2. The van der Waals surface area contributed by atoms with Gasteiger partial charge in [-0.15, -0.1) is 0 Å². The number of halogens is 1. The topological polar surface area (TPSA) is 77.4 Å². The lowest BCUT2D eigenvalue weighted by Gasteiger charge is -2.17. The first-order valence-corrected chi connectivity index (χ1v) is 8.36. The number of alkyl halides is 1. The summed E-state index contributed by atoms with van der Waals surface area (Å²) in [6.45, 7) is 5.10. The Morgan fingerprint density at radius 2 is 1.96 bits per heavy atom. The molecule has 138 valence electrons. The summed E-state index contributed by atoms with van der Waals surface area (Å²) < 4.78 is 24.4. The van der Waals surface area contributed by atoms with Crippen molar-refractivity contribution in [3.8, 4) is 11.6 Å². The first kappa shape index (κ1) is 18.0. The van der Waals surface area contributed by atoms with Gasteiger partial charge in [0.25, 0.3) is 5.91 Å². The van der Waals surface area contributed by atoms with E-state index in [0.717, 1.165) is 0 Å². The predicted molar refractivity (Wildman–Crippen MR) is 93.1 cm³/mol. The molecule has 1 aliphatic heterocycles. The van der Waals surface area contributed by atoms with Crippen molar-refractivity contribution in [2.45, 2.75) is 39.0 Å². The van der Waals surface area contributed by atoms with Crippen LogP contribution in [-0.4, -0.2) is 45.8 Å². The third kappa shape index (κ3) is 4.44. The molecular formula is C18H21FN4O3. The Morgan fingerprint density at radius 3 is 2.58 bits per heavy atom. The Bertz CT molecular complexity index is 760. The first-order valence-electron chi connectivity index (χ1n) is 8.36. The maximum atomic E-state index is 13.4. The molecule has 0 saturated carbocycles. The van der Waals surface area contributed by atoms with Gasteiger partial charge < -0.3 is 14.4 Å². The maximum Gasteiger partial charge on any atom is 0.268 e. The fourth-order valence-corrected chi connectivity index (χ4v) is 2.48. The number of hydrogen-bond acceptors (Lipinski definition) is 6. The molecule has 0 bridgehead atoms. The number of pyridine rings is 1. The molecular weight excluding hydrogens is 339 g/mol. The lowest BCUT2D eigenvalue weighted by atomic mass is 10.2. The van der Waals surface area contributed by atoms with E-state index in [1.807, 2.05) is 0 Å². The van der Waals surface area contributed by atoms with Crippen LogP contribution in [0.15, 0.2) is 30.7 Å². The Labute approximate surface area is 151 Å². The molecule has 26 heavy (non-hydrogen) atoms. The monoisotopic (exact) mass is 360 g/mol. The van der Waals surface area contributed by atoms with Crippen molar-refractivity contribution >= 4 is 11.6 Å². The molecule has 0 aromatic carbocycles. The highest BCUT2D eigenvalue weighted by atomic mass is 19.1. The van der Waals surface area contributed by atoms with E-state index < -0.39 is 11.8 Å². The number of carbonyl (C=O) groups is 1. The van der Waals surface area contributed by atoms with Gasteiger partial charge in [-0.3, -0.25) is 4.79 Å². The normalized spacial score (nSPS) is 17.5. The molecule has 1 fully saturated rings. The molecule has 0 N–H and O–H groups in total. The summed E-state index contributed by atoms with van der Waals surface area (Å²) in [7, 11) is 0. The lowest BCUT2D eigenvalue weighted by Crippen LogP contribution is -2.32. The number of amides is 1. The number of nitrogens with zero attached hydrogens (tertiary/aromatic N) is 4. The fourth-order valence-electron chi connectivity index (χ4n) is 2.48.